The molecule has 144 valence electrons. The summed E-state index contributed by atoms with van der Waals surface area (Å²) in [6.45, 7) is 1.19. The minimum Gasteiger partial charge on any atom is -0.497 e. The number of benzene rings is 2. The Morgan fingerprint density at radius 1 is 1.07 bits per heavy atom. The van der Waals surface area contributed by atoms with Crippen LogP contribution in [-0.2, 0) is 0 Å². The molecule has 1 atom stereocenters. The predicted octanol–water partition coefficient (Wildman–Crippen LogP) is 2.45. The van der Waals surface area contributed by atoms with Crippen molar-refractivity contribution >= 4 is 24.3 Å². The van der Waals surface area contributed by atoms with Crippen molar-refractivity contribution in [3.05, 3.63) is 60.2 Å². The third-order valence-corrected chi connectivity index (χ3v) is 3.80. The maximum atomic E-state index is 5.87. The first-order valence-electron chi connectivity index (χ1n) is 8.47. The number of nitrogens with two attached hydrogens (primary N) is 1. The molecule has 2 aromatic rings. The van der Waals surface area contributed by atoms with Gasteiger partial charge in [0.25, 0.3) is 0 Å². The molecule has 0 amide bonds. The topological polar surface area (TPSA) is 93.3 Å². The number of nitrogens with zero attached hydrogens (tertiary/aromatic N) is 2. The second-order valence-electron chi connectivity index (χ2n) is 5.70. The van der Waals surface area contributed by atoms with E-state index in [2.05, 4.69) is 20.6 Å². The van der Waals surface area contributed by atoms with E-state index in [0.717, 1.165) is 23.5 Å². The van der Waals surface area contributed by atoms with Crippen molar-refractivity contribution in [1.29, 1.82) is 0 Å². The van der Waals surface area contributed by atoms with Gasteiger partial charge in [0.05, 0.1) is 13.7 Å². The van der Waals surface area contributed by atoms with Crippen LogP contribution in [-0.4, -0.2) is 32.2 Å². The fourth-order valence-electron chi connectivity index (χ4n) is 2.49. The smallest absolute Gasteiger partial charge is 0.200 e. The highest BCUT2D eigenvalue weighted by Crippen LogP contribution is 2.17. The summed E-state index contributed by atoms with van der Waals surface area (Å²) in [6, 6.07) is 17.4. The van der Waals surface area contributed by atoms with Gasteiger partial charge in [-0.15, -0.1) is 12.4 Å². The Morgan fingerprint density at radius 3 is 2.48 bits per heavy atom. The SMILES string of the molecule is COc1ccc(OCCCN=C2NC(N)=NC(c3ccccc3)N2)cc1.Cl. The normalized spacial score (nSPS) is 17.1. The van der Waals surface area contributed by atoms with E-state index in [1.807, 2.05) is 54.6 Å². The van der Waals surface area contributed by atoms with E-state index in [1.165, 1.54) is 0 Å². The fraction of sp³-hybridized carbons (Fsp3) is 0.263. The Hall–Kier alpha value is -2.93. The number of ether oxygens (including phenoxy) is 2. The maximum Gasteiger partial charge on any atom is 0.200 e. The maximum absolute atomic E-state index is 5.87. The van der Waals surface area contributed by atoms with Crippen molar-refractivity contribution < 1.29 is 9.47 Å². The summed E-state index contributed by atoms with van der Waals surface area (Å²) in [5, 5.41) is 6.19. The second-order valence-corrected chi connectivity index (χ2v) is 5.70. The molecule has 1 aliphatic rings. The Balaban J connectivity index is 0.00000261. The Labute approximate surface area is 165 Å². The summed E-state index contributed by atoms with van der Waals surface area (Å²) in [5.74, 6) is 2.60. The monoisotopic (exact) mass is 389 g/mol. The van der Waals surface area contributed by atoms with Gasteiger partial charge in [0.1, 0.15) is 11.5 Å². The molecule has 1 heterocycles. The number of hydrogen-bond donors (Lipinski definition) is 3. The summed E-state index contributed by atoms with van der Waals surface area (Å²) in [4.78, 5) is 8.86. The Morgan fingerprint density at radius 2 is 1.78 bits per heavy atom. The van der Waals surface area contributed by atoms with Gasteiger partial charge in [0, 0.05) is 13.0 Å². The summed E-state index contributed by atoms with van der Waals surface area (Å²) >= 11 is 0. The number of methoxy groups -OCH3 is 1. The van der Waals surface area contributed by atoms with Crippen molar-refractivity contribution in [2.75, 3.05) is 20.3 Å². The minimum absolute atomic E-state index is 0. The first-order valence-corrected chi connectivity index (χ1v) is 8.47. The molecule has 0 aromatic heterocycles. The van der Waals surface area contributed by atoms with Gasteiger partial charge in [-0.05, 0) is 29.8 Å². The molecule has 4 N–H and O–H groups in total. The van der Waals surface area contributed by atoms with Crippen molar-refractivity contribution in [2.24, 2.45) is 15.7 Å². The standard InChI is InChI=1S/C19H23N5O2.ClH/c1-25-15-8-10-16(11-9-15)26-13-5-12-21-19-23-17(22-18(20)24-19)14-6-3-2-4-7-14;/h2-4,6-11,17H,5,12-13H2,1H3,(H4,20,21,22,23,24);1H. The quantitative estimate of drug-likeness (QED) is 0.632. The molecule has 1 aliphatic heterocycles. The van der Waals surface area contributed by atoms with Crippen LogP contribution in [0.5, 0.6) is 11.5 Å². The molecular formula is C19H24ClN5O2. The van der Waals surface area contributed by atoms with E-state index >= 15 is 0 Å². The van der Waals surface area contributed by atoms with Crippen LogP contribution >= 0.6 is 12.4 Å². The van der Waals surface area contributed by atoms with Gasteiger partial charge in [0.2, 0.25) is 0 Å². The molecule has 0 saturated carbocycles. The van der Waals surface area contributed by atoms with E-state index in [4.69, 9.17) is 15.2 Å². The van der Waals surface area contributed by atoms with E-state index in [0.29, 0.717) is 25.1 Å². The Bertz CT molecular complexity index is 765. The van der Waals surface area contributed by atoms with Gasteiger partial charge in [-0.1, -0.05) is 30.3 Å². The fourth-order valence-corrected chi connectivity index (χ4v) is 2.49. The lowest BCUT2D eigenvalue weighted by Crippen LogP contribution is -2.50. The number of aliphatic imine (C=N–C) groups is 2. The molecule has 0 fully saturated rings. The number of guanidine groups is 2. The molecule has 8 heteroatoms. The summed E-state index contributed by atoms with van der Waals surface area (Å²) < 4.78 is 10.8. The van der Waals surface area contributed by atoms with Gasteiger partial charge >= 0.3 is 0 Å². The van der Waals surface area contributed by atoms with Crippen LogP contribution in [0.3, 0.4) is 0 Å². The zero-order chi connectivity index (χ0) is 18.2. The van der Waals surface area contributed by atoms with E-state index in [1.54, 1.807) is 7.11 Å². The van der Waals surface area contributed by atoms with Crippen LogP contribution in [0.1, 0.15) is 18.2 Å². The van der Waals surface area contributed by atoms with Crippen molar-refractivity contribution in [3.63, 3.8) is 0 Å². The number of halogens is 1. The molecule has 3 rings (SSSR count). The van der Waals surface area contributed by atoms with Crippen LogP contribution in [0.15, 0.2) is 64.6 Å². The summed E-state index contributed by atoms with van der Waals surface area (Å²) in [7, 11) is 1.64. The van der Waals surface area contributed by atoms with Crippen LogP contribution < -0.4 is 25.8 Å². The molecular weight excluding hydrogens is 366 g/mol. The van der Waals surface area contributed by atoms with E-state index < -0.39 is 0 Å². The summed E-state index contributed by atoms with van der Waals surface area (Å²) in [6.07, 6.45) is 0.554. The lowest BCUT2D eigenvalue weighted by Gasteiger charge is -2.24. The van der Waals surface area contributed by atoms with Crippen LogP contribution in [0.2, 0.25) is 0 Å². The summed E-state index contributed by atoms with van der Waals surface area (Å²) in [5.41, 5.74) is 6.90. The lowest BCUT2D eigenvalue weighted by atomic mass is 10.2. The number of hydrogen-bond acceptors (Lipinski definition) is 5. The first-order chi connectivity index (χ1) is 12.7. The largest absolute Gasteiger partial charge is 0.497 e. The third kappa shape index (κ3) is 6.07. The van der Waals surface area contributed by atoms with Gasteiger partial charge in [-0.2, -0.15) is 0 Å². The van der Waals surface area contributed by atoms with Crippen LogP contribution in [0.4, 0.5) is 0 Å². The molecule has 2 aromatic carbocycles. The number of rotatable bonds is 7. The highest BCUT2D eigenvalue weighted by molar-refractivity contribution is 5.99. The minimum atomic E-state index is -0.230. The average molecular weight is 390 g/mol. The van der Waals surface area contributed by atoms with E-state index in [9.17, 15) is 0 Å². The van der Waals surface area contributed by atoms with Gasteiger partial charge in [-0.25, -0.2) is 4.99 Å². The molecule has 0 bridgehead atoms. The molecule has 0 aliphatic carbocycles. The number of nitrogens with one attached hydrogen (secondary N) is 2. The average Bonchev–Trinajstić information content (AvgIpc) is 2.68. The van der Waals surface area contributed by atoms with Gasteiger partial charge in [-0.3, -0.25) is 10.3 Å². The van der Waals surface area contributed by atoms with Crippen molar-refractivity contribution in [2.45, 2.75) is 12.6 Å². The van der Waals surface area contributed by atoms with Crippen LogP contribution in [0.25, 0.3) is 0 Å². The molecule has 0 saturated heterocycles. The van der Waals surface area contributed by atoms with Crippen molar-refractivity contribution in [1.82, 2.24) is 10.6 Å². The lowest BCUT2D eigenvalue weighted by molar-refractivity contribution is 0.312. The zero-order valence-electron chi connectivity index (χ0n) is 15.1. The highest BCUT2D eigenvalue weighted by Gasteiger charge is 2.17. The Kier molecular flexibility index (Phi) is 7.76. The molecule has 27 heavy (non-hydrogen) atoms. The van der Waals surface area contributed by atoms with Gasteiger partial charge < -0.3 is 20.5 Å². The molecule has 0 spiro atoms. The third-order valence-electron chi connectivity index (χ3n) is 3.80. The zero-order valence-corrected chi connectivity index (χ0v) is 15.9. The van der Waals surface area contributed by atoms with Gasteiger partial charge in [0.15, 0.2) is 18.1 Å². The molecule has 1 unspecified atom stereocenters. The van der Waals surface area contributed by atoms with Crippen molar-refractivity contribution in [3.8, 4) is 11.5 Å². The predicted molar refractivity (Wildman–Crippen MR) is 110 cm³/mol. The highest BCUT2D eigenvalue weighted by atomic mass is 35.5. The molecule has 7 nitrogen and oxygen atoms in total. The van der Waals surface area contributed by atoms with Crippen LogP contribution in [0, 0.1) is 0 Å². The van der Waals surface area contributed by atoms with E-state index in [-0.39, 0.29) is 18.6 Å². The molecule has 0 radical (unpaired) electrons. The second kappa shape index (κ2) is 10.3. The first kappa shape index (κ1) is 20.4.